The fourth-order valence-corrected chi connectivity index (χ4v) is 9.37. The zero-order valence-corrected chi connectivity index (χ0v) is 20.2. The first-order valence-electron chi connectivity index (χ1n) is 11.4. The largest absolute Gasteiger partial charge is 0.407 e. The van der Waals surface area contributed by atoms with Crippen LogP contribution in [0.25, 0.3) is 0 Å². The molecule has 0 unspecified atom stereocenters. The summed E-state index contributed by atoms with van der Waals surface area (Å²) < 4.78 is 13.1. The predicted molar refractivity (Wildman–Crippen MR) is 131 cm³/mol. The molecule has 0 aromatic heterocycles. The van der Waals surface area contributed by atoms with Gasteiger partial charge < -0.3 is 14.0 Å². The van der Waals surface area contributed by atoms with Crippen molar-refractivity contribution in [2.24, 2.45) is 0 Å². The molecule has 1 heterocycles. The molecule has 1 aliphatic rings. The number of hydrogen-bond donors (Lipinski definition) is 0. The van der Waals surface area contributed by atoms with E-state index in [1.54, 1.807) is 0 Å². The Kier molecular flexibility index (Phi) is 8.04. The fourth-order valence-electron chi connectivity index (χ4n) is 4.76. The minimum atomic E-state index is -2.47. The van der Waals surface area contributed by atoms with E-state index < -0.39 is 8.32 Å². The van der Waals surface area contributed by atoms with Gasteiger partial charge in [0.25, 0.3) is 8.32 Å². The summed E-state index contributed by atoms with van der Waals surface area (Å²) in [7, 11) is -2.47. The minimum Gasteiger partial charge on any atom is -0.407 e. The highest BCUT2D eigenvalue weighted by Gasteiger charge is 2.50. The van der Waals surface area contributed by atoms with E-state index in [0.29, 0.717) is 13.0 Å². The molecule has 31 heavy (non-hydrogen) atoms. The molecule has 0 N–H and O–H groups in total. The van der Waals surface area contributed by atoms with E-state index in [-0.39, 0.29) is 17.2 Å². The van der Waals surface area contributed by atoms with Gasteiger partial charge in [0.2, 0.25) is 0 Å². The molecule has 2 aromatic rings. The van der Waals surface area contributed by atoms with Gasteiger partial charge in [0.05, 0.1) is 12.2 Å². The monoisotopic (exact) mass is 436 g/mol. The van der Waals surface area contributed by atoms with Gasteiger partial charge in [-0.1, -0.05) is 88.0 Å². The number of benzene rings is 2. The molecule has 0 spiro atoms. The van der Waals surface area contributed by atoms with Crippen LogP contribution in [0.5, 0.6) is 0 Å². The van der Waals surface area contributed by atoms with Crippen LogP contribution in [-0.2, 0) is 14.0 Å². The Bertz CT molecular complexity index is 802. The van der Waals surface area contributed by atoms with E-state index >= 15 is 0 Å². The summed E-state index contributed by atoms with van der Waals surface area (Å²) in [6.07, 6.45) is 5.26. The molecule has 4 heteroatoms. The summed E-state index contributed by atoms with van der Waals surface area (Å²) in [6.45, 7) is 11.8. The summed E-state index contributed by atoms with van der Waals surface area (Å²) in [5.74, 6) is 0. The lowest BCUT2D eigenvalue weighted by Crippen LogP contribution is -2.66. The summed E-state index contributed by atoms with van der Waals surface area (Å²) >= 11 is 0. The van der Waals surface area contributed by atoms with Crippen LogP contribution in [0.1, 0.15) is 52.9 Å². The van der Waals surface area contributed by atoms with Crippen LogP contribution in [0, 0.1) is 0 Å². The van der Waals surface area contributed by atoms with Crippen LogP contribution < -0.4 is 10.4 Å². The van der Waals surface area contributed by atoms with Gasteiger partial charge in [-0.2, -0.15) is 0 Å². The summed E-state index contributed by atoms with van der Waals surface area (Å²) in [5.41, 5.74) is 1.12. The van der Waals surface area contributed by atoms with Gasteiger partial charge in [-0.05, 0) is 46.7 Å². The van der Waals surface area contributed by atoms with Crippen LogP contribution in [0.2, 0.25) is 5.04 Å². The van der Waals surface area contributed by atoms with E-state index in [1.165, 1.54) is 10.4 Å². The molecule has 1 fully saturated rings. The van der Waals surface area contributed by atoms with E-state index in [2.05, 4.69) is 88.0 Å². The second-order valence-corrected chi connectivity index (χ2v) is 13.8. The second-order valence-electron chi connectivity index (χ2n) is 9.51. The number of ether oxygens (including phenoxy) is 1. The molecule has 166 valence electrons. The highest BCUT2D eigenvalue weighted by molar-refractivity contribution is 6.99. The first kappa shape index (κ1) is 23.6. The lowest BCUT2D eigenvalue weighted by molar-refractivity contribution is -0.108. The number of carbonyl (C=O) groups is 1. The van der Waals surface area contributed by atoms with Crippen LogP contribution in [0.15, 0.2) is 72.8 Å². The Morgan fingerprint density at radius 1 is 1.03 bits per heavy atom. The van der Waals surface area contributed by atoms with Gasteiger partial charge in [0.15, 0.2) is 0 Å². The van der Waals surface area contributed by atoms with Crippen LogP contribution in [0.4, 0.5) is 0 Å². The van der Waals surface area contributed by atoms with E-state index in [4.69, 9.17) is 9.16 Å². The number of hydrogen-bond acceptors (Lipinski definition) is 3. The third kappa shape index (κ3) is 5.43. The topological polar surface area (TPSA) is 35.5 Å². The van der Waals surface area contributed by atoms with Crippen molar-refractivity contribution in [3.05, 3.63) is 72.8 Å². The molecule has 0 amide bonds. The minimum absolute atomic E-state index is 0.00617. The molecular formula is C27H36O3Si. The Balaban J connectivity index is 1.72. The first-order valence-corrected chi connectivity index (χ1v) is 13.3. The lowest BCUT2D eigenvalue weighted by atomic mass is 10.0. The maximum atomic E-state index is 10.7. The van der Waals surface area contributed by atoms with Crippen molar-refractivity contribution in [1.82, 2.24) is 0 Å². The average Bonchev–Trinajstić information content (AvgIpc) is 3.12. The Morgan fingerprint density at radius 2 is 1.61 bits per heavy atom. The lowest BCUT2D eigenvalue weighted by Gasteiger charge is -2.43. The van der Waals surface area contributed by atoms with Crippen molar-refractivity contribution in [3.63, 3.8) is 0 Å². The quantitative estimate of drug-likeness (QED) is 0.227. The Labute approximate surface area is 188 Å². The molecular weight excluding hydrogens is 400 g/mol. The Morgan fingerprint density at radius 3 is 2.13 bits per heavy atom. The maximum absolute atomic E-state index is 10.7. The van der Waals surface area contributed by atoms with Gasteiger partial charge in [-0.15, -0.1) is 0 Å². The number of aldehydes is 1. The predicted octanol–water partition coefficient (Wildman–Crippen LogP) is 5.04. The van der Waals surface area contributed by atoms with Crippen molar-refractivity contribution in [2.45, 2.75) is 70.1 Å². The SMILES string of the molecule is C=C1C[C@H](CCCO[Si](c2ccccc2)(c2ccccc2)C(C)(C)C)O[C@H]1CCC=O. The van der Waals surface area contributed by atoms with Crippen LogP contribution >= 0.6 is 0 Å². The van der Waals surface area contributed by atoms with Gasteiger partial charge >= 0.3 is 0 Å². The maximum Gasteiger partial charge on any atom is 0.261 e. The van der Waals surface area contributed by atoms with E-state index in [0.717, 1.165) is 37.5 Å². The first-order chi connectivity index (χ1) is 14.9. The van der Waals surface area contributed by atoms with E-state index in [9.17, 15) is 4.79 Å². The molecule has 0 radical (unpaired) electrons. The molecule has 0 saturated carbocycles. The van der Waals surface area contributed by atoms with Crippen molar-refractivity contribution >= 4 is 25.0 Å². The van der Waals surface area contributed by atoms with Gasteiger partial charge in [0, 0.05) is 13.0 Å². The Hall–Kier alpha value is -2.01. The third-order valence-corrected chi connectivity index (χ3v) is 11.3. The van der Waals surface area contributed by atoms with Crippen molar-refractivity contribution in [3.8, 4) is 0 Å². The van der Waals surface area contributed by atoms with Gasteiger partial charge in [-0.25, -0.2) is 0 Å². The summed E-state index contributed by atoms with van der Waals surface area (Å²) in [5, 5.41) is 2.62. The molecule has 2 atom stereocenters. The molecule has 1 saturated heterocycles. The van der Waals surface area contributed by atoms with Crippen molar-refractivity contribution in [1.29, 1.82) is 0 Å². The van der Waals surface area contributed by atoms with E-state index in [1.807, 2.05) is 0 Å². The average molecular weight is 437 g/mol. The molecule has 1 aliphatic heterocycles. The van der Waals surface area contributed by atoms with Crippen molar-refractivity contribution < 1.29 is 14.0 Å². The van der Waals surface area contributed by atoms with Gasteiger partial charge in [-0.3, -0.25) is 0 Å². The molecule has 2 aromatic carbocycles. The molecule has 0 aliphatic carbocycles. The smallest absolute Gasteiger partial charge is 0.261 e. The zero-order chi connectivity index (χ0) is 22.3. The highest BCUT2D eigenvalue weighted by Crippen LogP contribution is 2.37. The molecule has 3 nitrogen and oxygen atoms in total. The number of rotatable bonds is 10. The second kappa shape index (κ2) is 10.5. The van der Waals surface area contributed by atoms with Crippen LogP contribution in [-0.4, -0.2) is 33.4 Å². The third-order valence-electron chi connectivity index (χ3n) is 6.25. The summed E-state index contributed by atoms with van der Waals surface area (Å²) in [4.78, 5) is 10.7. The molecule has 3 rings (SSSR count). The number of carbonyl (C=O) groups excluding carboxylic acids is 1. The standard InChI is InChI=1S/C27H36O3Si/c1-22-21-23(30-26(22)18-11-19-28)13-12-20-29-31(27(2,3)4,24-14-7-5-8-15-24)25-16-9-6-10-17-25/h5-10,14-17,19,23,26H,1,11-13,18,20-21H2,2-4H3/t23-,26-/m0/s1. The zero-order valence-electron chi connectivity index (χ0n) is 19.2. The van der Waals surface area contributed by atoms with Crippen molar-refractivity contribution in [2.75, 3.05) is 6.61 Å². The fraction of sp³-hybridized carbons (Fsp3) is 0.444. The molecule has 0 bridgehead atoms. The van der Waals surface area contributed by atoms with Gasteiger partial charge in [0.1, 0.15) is 6.29 Å². The van der Waals surface area contributed by atoms with Crippen LogP contribution in [0.3, 0.4) is 0 Å². The normalized spacial score (nSPS) is 19.5. The highest BCUT2D eigenvalue weighted by atomic mass is 28.4. The summed E-state index contributed by atoms with van der Waals surface area (Å²) in [6, 6.07) is 21.5.